The summed E-state index contributed by atoms with van der Waals surface area (Å²) in [7, 11) is 0. The Morgan fingerprint density at radius 3 is 2.86 bits per heavy atom. The van der Waals surface area contributed by atoms with Crippen molar-refractivity contribution in [2.75, 3.05) is 0 Å². The molecule has 1 rings (SSSR count). The summed E-state index contributed by atoms with van der Waals surface area (Å²) in [6.07, 6.45) is 6.36. The van der Waals surface area contributed by atoms with Crippen LogP contribution in [0, 0.1) is 12.3 Å². The van der Waals surface area contributed by atoms with Gasteiger partial charge in [-0.3, -0.25) is 5.32 Å². The summed E-state index contributed by atoms with van der Waals surface area (Å²) in [6.45, 7) is 4.23. The van der Waals surface area contributed by atoms with Crippen molar-refractivity contribution in [1.29, 1.82) is 0 Å². The van der Waals surface area contributed by atoms with E-state index in [0.717, 1.165) is 10.9 Å². The van der Waals surface area contributed by atoms with Gasteiger partial charge >= 0.3 is 0 Å². The molecule has 0 spiro atoms. The maximum Gasteiger partial charge on any atom is 0.0689 e. The van der Waals surface area contributed by atoms with Gasteiger partial charge in [0, 0.05) is 20.8 Å². The number of thiophene rings is 1. The number of terminal acetylenes is 1. The van der Waals surface area contributed by atoms with E-state index < -0.39 is 0 Å². The zero-order chi connectivity index (χ0) is 10.6. The van der Waals surface area contributed by atoms with E-state index in [0.29, 0.717) is 6.04 Å². The molecule has 0 aliphatic carbocycles. The molecule has 0 bridgehead atoms. The van der Waals surface area contributed by atoms with Crippen molar-refractivity contribution in [3.63, 3.8) is 0 Å². The average molecular weight is 272 g/mol. The van der Waals surface area contributed by atoms with Crippen molar-refractivity contribution in [3.05, 3.63) is 20.8 Å². The van der Waals surface area contributed by atoms with Crippen LogP contribution in [0.3, 0.4) is 0 Å². The molecule has 1 nitrogen and oxygen atoms in total. The molecule has 1 aromatic rings. The van der Waals surface area contributed by atoms with Crippen LogP contribution in [0.5, 0.6) is 0 Å². The lowest BCUT2D eigenvalue weighted by atomic mass is 10.2. The maximum absolute atomic E-state index is 5.40. The van der Waals surface area contributed by atoms with Gasteiger partial charge in [0.25, 0.3) is 0 Å². The fraction of sp³-hybridized carbons (Fsp3) is 0.455. The molecule has 0 aliphatic heterocycles. The lowest BCUT2D eigenvalue weighted by molar-refractivity contribution is 0.518. The Hall–Kier alpha value is -0.300. The second kappa shape index (κ2) is 5.55. The van der Waals surface area contributed by atoms with E-state index in [1.54, 1.807) is 11.3 Å². The number of hydrogen-bond donors (Lipinski definition) is 1. The number of halogens is 1. The van der Waals surface area contributed by atoms with Gasteiger partial charge in [0.05, 0.1) is 6.04 Å². The molecule has 1 heterocycles. The minimum atomic E-state index is 0.172. The first-order valence-electron chi connectivity index (χ1n) is 4.63. The van der Waals surface area contributed by atoms with Crippen LogP contribution in [0.2, 0.25) is 0 Å². The Morgan fingerprint density at radius 1 is 1.71 bits per heavy atom. The van der Waals surface area contributed by atoms with Gasteiger partial charge in [-0.05, 0) is 35.3 Å². The lowest BCUT2D eigenvalue weighted by Crippen LogP contribution is -2.29. The Labute approximate surface area is 98.0 Å². The molecule has 0 saturated heterocycles. The zero-order valence-corrected chi connectivity index (χ0v) is 10.8. The van der Waals surface area contributed by atoms with Crippen molar-refractivity contribution in [1.82, 2.24) is 5.32 Å². The molecular formula is C11H14BrNS. The predicted octanol–water partition coefficient (Wildman–Crippen LogP) is 3.57. The van der Waals surface area contributed by atoms with Gasteiger partial charge in [-0.1, -0.05) is 12.8 Å². The summed E-state index contributed by atoms with van der Waals surface area (Å²) in [5.41, 5.74) is 0. The SMILES string of the molecule is C#CC(CC)NC(C)c1cc(Br)cs1. The predicted molar refractivity (Wildman–Crippen MR) is 66.5 cm³/mol. The average Bonchev–Trinajstić information content (AvgIpc) is 2.61. The minimum absolute atomic E-state index is 0.172. The van der Waals surface area contributed by atoms with Crippen molar-refractivity contribution >= 4 is 27.3 Å². The third kappa shape index (κ3) is 3.13. The summed E-state index contributed by atoms with van der Waals surface area (Å²) in [4.78, 5) is 1.31. The normalized spacial score (nSPS) is 14.7. The Kier molecular flexibility index (Phi) is 4.67. The van der Waals surface area contributed by atoms with Crippen molar-refractivity contribution in [3.8, 4) is 12.3 Å². The molecule has 0 radical (unpaired) electrons. The van der Waals surface area contributed by atoms with Gasteiger partial charge in [0.15, 0.2) is 0 Å². The second-order valence-corrected chi connectivity index (χ2v) is 5.04. The minimum Gasteiger partial charge on any atom is -0.296 e. The molecule has 1 aromatic heterocycles. The third-order valence-corrected chi connectivity index (χ3v) is 3.95. The van der Waals surface area contributed by atoms with E-state index in [9.17, 15) is 0 Å². The molecule has 76 valence electrons. The van der Waals surface area contributed by atoms with Crippen molar-refractivity contribution in [2.45, 2.75) is 32.4 Å². The first-order chi connectivity index (χ1) is 6.67. The van der Waals surface area contributed by atoms with Crippen LogP contribution >= 0.6 is 27.3 Å². The summed E-state index contributed by atoms with van der Waals surface area (Å²) < 4.78 is 1.14. The van der Waals surface area contributed by atoms with Crippen LogP contribution in [0.25, 0.3) is 0 Å². The van der Waals surface area contributed by atoms with E-state index in [2.05, 4.69) is 52.5 Å². The third-order valence-electron chi connectivity index (χ3n) is 2.08. The van der Waals surface area contributed by atoms with Crippen molar-refractivity contribution in [2.24, 2.45) is 0 Å². The summed E-state index contributed by atoms with van der Waals surface area (Å²) in [5, 5.41) is 5.49. The second-order valence-electron chi connectivity index (χ2n) is 3.18. The fourth-order valence-corrected chi connectivity index (χ4v) is 2.69. The summed E-state index contributed by atoms with van der Waals surface area (Å²) in [5.74, 6) is 2.74. The molecule has 0 aromatic carbocycles. The molecule has 1 N–H and O–H groups in total. The first-order valence-corrected chi connectivity index (χ1v) is 6.30. The largest absolute Gasteiger partial charge is 0.296 e. The van der Waals surface area contributed by atoms with Crippen LogP contribution in [0.4, 0.5) is 0 Å². The van der Waals surface area contributed by atoms with E-state index in [1.807, 2.05) is 0 Å². The Bertz CT molecular complexity index is 326. The van der Waals surface area contributed by atoms with Gasteiger partial charge < -0.3 is 0 Å². The highest BCUT2D eigenvalue weighted by atomic mass is 79.9. The quantitative estimate of drug-likeness (QED) is 0.826. The van der Waals surface area contributed by atoms with Gasteiger partial charge in [0.1, 0.15) is 0 Å². The summed E-state index contributed by atoms with van der Waals surface area (Å²) in [6, 6.07) is 2.63. The maximum atomic E-state index is 5.40. The van der Waals surface area contributed by atoms with Gasteiger partial charge in [-0.15, -0.1) is 17.8 Å². The Balaban J connectivity index is 2.58. The molecule has 3 heteroatoms. The standard InChI is InChI=1S/C11H14BrNS/c1-4-10(5-2)13-8(3)11-6-9(12)7-14-11/h1,6-8,10,13H,5H2,2-3H3. The molecular weight excluding hydrogens is 258 g/mol. The lowest BCUT2D eigenvalue weighted by Gasteiger charge is -2.16. The molecule has 0 aliphatic rings. The highest BCUT2D eigenvalue weighted by Crippen LogP contribution is 2.25. The monoisotopic (exact) mass is 271 g/mol. The number of hydrogen-bond acceptors (Lipinski definition) is 2. The number of rotatable bonds is 4. The number of nitrogens with one attached hydrogen (secondary N) is 1. The zero-order valence-electron chi connectivity index (χ0n) is 8.38. The molecule has 0 saturated carbocycles. The van der Waals surface area contributed by atoms with Crippen LogP contribution < -0.4 is 5.32 Å². The molecule has 0 amide bonds. The Morgan fingerprint density at radius 2 is 2.43 bits per heavy atom. The van der Waals surface area contributed by atoms with E-state index in [-0.39, 0.29) is 6.04 Å². The smallest absolute Gasteiger partial charge is 0.0689 e. The van der Waals surface area contributed by atoms with E-state index in [1.165, 1.54) is 4.88 Å². The topological polar surface area (TPSA) is 12.0 Å². The van der Waals surface area contributed by atoms with Gasteiger partial charge in [-0.25, -0.2) is 0 Å². The highest BCUT2D eigenvalue weighted by Gasteiger charge is 2.11. The summed E-state index contributed by atoms with van der Waals surface area (Å²) >= 11 is 5.19. The van der Waals surface area contributed by atoms with Crippen LogP contribution in [-0.2, 0) is 0 Å². The van der Waals surface area contributed by atoms with E-state index >= 15 is 0 Å². The van der Waals surface area contributed by atoms with Crippen LogP contribution in [0.1, 0.15) is 31.2 Å². The van der Waals surface area contributed by atoms with E-state index in [4.69, 9.17) is 6.42 Å². The fourth-order valence-electron chi connectivity index (χ4n) is 1.22. The van der Waals surface area contributed by atoms with Crippen LogP contribution in [-0.4, -0.2) is 6.04 Å². The van der Waals surface area contributed by atoms with Gasteiger partial charge in [-0.2, -0.15) is 0 Å². The van der Waals surface area contributed by atoms with Gasteiger partial charge in [0.2, 0.25) is 0 Å². The molecule has 14 heavy (non-hydrogen) atoms. The molecule has 2 atom stereocenters. The van der Waals surface area contributed by atoms with Crippen molar-refractivity contribution < 1.29 is 0 Å². The highest BCUT2D eigenvalue weighted by molar-refractivity contribution is 9.10. The van der Waals surface area contributed by atoms with Crippen LogP contribution in [0.15, 0.2) is 15.9 Å². The first kappa shape index (κ1) is 11.8. The molecule has 2 unspecified atom stereocenters. The molecule has 0 fully saturated rings.